The van der Waals surface area contributed by atoms with Crippen molar-refractivity contribution in [3.05, 3.63) is 259 Å². The summed E-state index contributed by atoms with van der Waals surface area (Å²) in [7, 11) is 0. The van der Waals surface area contributed by atoms with E-state index in [0.29, 0.717) is 5.56 Å². The molecule has 286 valence electrons. The highest BCUT2D eigenvalue weighted by Gasteiger charge is 2.51. The van der Waals surface area contributed by atoms with Crippen molar-refractivity contribution in [2.24, 2.45) is 0 Å². The Morgan fingerprint density at radius 3 is 1.38 bits per heavy atom. The van der Waals surface area contributed by atoms with E-state index in [0.717, 1.165) is 43.5 Å². The van der Waals surface area contributed by atoms with E-state index in [-0.39, 0.29) is 29.7 Å². The molecule has 10 aromatic rings. The van der Waals surface area contributed by atoms with E-state index in [9.17, 15) is 0 Å². The summed E-state index contributed by atoms with van der Waals surface area (Å²) in [5, 5.41) is 1.01. The average molecular weight is 799 g/mol. The maximum absolute atomic E-state index is 8.57. The third-order valence-corrected chi connectivity index (χ3v) is 13.6. The third-order valence-electron chi connectivity index (χ3n) is 12.5. The first kappa shape index (κ1) is 30.5. The molecule has 1 nitrogen and oxygen atoms in total. The highest BCUT2D eigenvalue weighted by molar-refractivity contribution is 7.19. The molecule has 2 heteroatoms. The minimum absolute atomic E-state index is 0.187. The molecule has 1 aromatic heterocycles. The summed E-state index contributed by atoms with van der Waals surface area (Å²) in [6, 6.07) is 71.9. The molecule has 1 heterocycles. The van der Waals surface area contributed by atoms with Gasteiger partial charge in [0.15, 0.2) is 0 Å². The summed E-state index contributed by atoms with van der Waals surface area (Å²) < 4.78 is 41.7. The van der Waals surface area contributed by atoms with Crippen LogP contribution in [0, 0.1) is 0 Å². The largest absolute Gasteiger partial charge is 0.302 e. The van der Waals surface area contributed by atoms with E-state index in [2.05, 4.69) is 169 Å². The van der Waals surface area contributed by atoms with Gasteiger partial charge in [0.1, 0.15) is 5.00 Å². The molecule has 0 aliphatic heterocycles. The van der Waals surface area contributed by atoms with E-state index >= 15 is 0 Å². The molecule has 0 atom stereocenters. The molecule has 0 bridgehead atoms. The zero-order chi connectivity index (χ0) is 44.7. The smallest absolute Gasteiger partial charge is 0.101 e. The van der Waals surface area contributed by atoms with E-state index < -0.39 is 11.5 Å². The maximum Gasteiger partial charge on any atom is 0.101 e. The Labute approximate surface area is 368 Å². The normalized spacial score (nSPS) is 13.9. The molecular weight excluding hydrogens is 755 g/mol. The van der Waals surface area contributed by atoms with Crippen LogP contribution in [0.2, 0.25) is 0 Å². The van der Waals surface area contributed by atoms with Gasteiger partial charge in [0.05, 0.1) is 12.3 Å². The van der Waals surface area contributed by atoms with Crippen LogP contribution < -0.4 is 4.90 Å². The second-order valence-corrected chi connectivity index (χ2v) is 16.7. The summed E-state index contributed by atoms with van der Waals surface area (Å²) in [6.07, 6.45) is 0. The van der Waals surface area contributed by atoms with Crippen LogP contribution in [0.15, 0.2) is 236 Å². The highest BCUT2D eigenvalue weighted by Crippen LogP contribution is 2.63. The quantitative estimate of drug-likeness (QED) is 0.155. The molecule has 0 saturated heterocycles. The van der Waals surface area contributed by atoms with Gasteiger partial charge in [0.2, 0.25) is 0 Å². The molecule has 1 spiro atoms. The van der Waals surface area contributed by atoms with Crippen molar-refractivity contribution in [1.82, 2.24) is 0 Å². The van der Waals surface area contributed by atoms with Crippen molar-refractivity contribution in [2.45, 2.75) is 5.41 Å². The first-order valence-corrected chi connectivity index (χ1v) is 21.4. The molecular formula is C59H39NS. The van der Waals surface area contributed by atoms with E-state index in [1.807, 2.05) is 42.5 Å². The molecule has 9 aromatic carbocycles. The molecule has 0 amide bonds. The number of anilines is 3. The molecule has 0 N–H and O–H groups in total. The lowest BCUT2D eigenvalue weighted by molar-refractivity contribution is 0.794. The lowest BCUT2D eigenvalue weighted by atomic mass is 9.70. The molecule has 0 fully saturated rings. The van der Waals surface area contributed by atoms with Crippen LogP contribution in [-0.4, -0.2) is 0 Å². The molecule has 0 unspecified atom stereocenters. The second kappa shape index (κ2) is 14.3. The molecule has 12 rings (SSSR count). The minimum atomic E-state index is -0.400. The van der Waals surface area contributed by atoms with E-state index in [4.69, 9.17) is 6.85 Å². The van der Waals surface area contributed by atoms with Crippen LogP contribution in [0.25, 0.3) is 66.1 Å². The Kier molecular flexibility index (Phi) is 7.17. The number of nitrogens with zero attached hydrogens (tertiary/aromatic N) is 1. The zero-order valence-electron chi connectivity index (χ0n) is 38.0. The fourth-order valence-electron chi connectivity index (χ4n) is 9.71. The summed E-state index contributed by atoms with van der Waals surface area (Å²) in [5.74, 6) is 0. The van der Waals surface area contributed by atoms with E-state index in [1.54, 1.807) is 11.3 Å². The van der Waals surface area contributed by atoms with Gasteiger partial charge in [-0.2, -0.15) is 0 Å². The van der Waals surface area contributed by atoms with Gasteiger partial charge >= 0.3 is 0 Å². The van der Waals surface area contributed by atoms with Crippen LogP contribution >= 0.6 is 11.3 Å². The van der Waals surface area contributed by atoms with Crippen molar-refractivity contribution >= 4 is 27.7 Å². The highest BCUT2D eigenvalue weighted by atomic mass is 32.1. The Hall–Kier alpha value is -7.52. The fourth-order valence-corrected chi connectivity index (χ4v) is 10.8. The van der Waals surface area contributed by atoms with Crippen molar-refractivity contribution in [2.75, 3.05) is 4.90 Å². The molecule has 2 aliphatic carbocycles. The number of fused-ring (bicyclic) bond motifs is 10. The predicted octanol–water partition coefficient (Wildman–Crippen LogP) is 16.2. The van der Waals surface area contributed by atoms with Crippen LogP contribution in [0.4, 0.5) is 16.4 Å². The summed E-state index contributed by atoms with van der Waals surface area (Å²) in [5.41, 5.74) is 18.4. The van der Waals surface area contributed by atoms with Gasteiger partial charge in [-0.15, -0.1) is 11.3 Å². The first-order valence-electron chi connectivity index (χ1n) is 23.1. The minimum Gasteiger partial charge on any atom is -0.302 e. The zero-order valence-corrected chi connectivity index (χ0v) is 33.8. The van der Waals surface area contributed by atoms with Crippen molar-refractivity contribution in [3.63, 3.8) is 0 Å². The molecule has 0 radical (unpaired) electrons. The summed E-state index contributed by atoms with van der Waals surface area (Å²) >= 11 is 1.70. The number of hydrogen-bond donors (Lipinski definition) is 0. The van der Waals surface area contributed by atoms with Crippen LogP contribution in [-0.2, 0) is 5.41 Å². The number of thiophene rings is 1. The Balaban J connectivity index is 0.903. The number of hydrogen-bond acceptors (Lipinski definition) is 2. The lowest BCUT2D eigenvalue weighted by Crippen LogP contribution is -2.25. The average Bonchev–Trinajstić information content (AvgIpc) is 4.06. The van der Waals surface area contributed by atoms with Crippen molar-refractivity contribution < 1.29 is 6.85 Å². The van der Waals surface area contributed by atoms with Crippen LogP contribution in [0.3, 0.4) is 0 Å². The Morgan fingerprint density at radius 1 is 0.344 bits per heavy atom. The van der Waals surface area contributed by atoms with Gasteiger partial charge in [-0.25, -0.2) is 0 Å². The Morgan fingerprint density at radius 2 is 0.787 bits per heavy atom. The summed E-state index contributed by atoms with van der Waals surface area (Å²) in [4.78, 5) is 3.33. The Bertz CT molecular complexity index is 3430. The van der Waals surface area contributed by atoms with Gasteiger partial charge in [-0.1, -0.05) is 194 Å². The third kappa shape index (κ3) is 5.68. The first-order chi connectivity index (χ1) is 32.3. The van der Waals surface area contributed by atoms with Crippen LogP contribution in [0.5, 0.6) is 0 Å². The molecule has 61 heavy (non-hydrogen) atoms. The summed E-state index contributed by atoms with van der Waals surface area (Å²) in [6.45, 7) is 0. The van der Waals surface area contributed by atoms with Crippen molar-refractivity contribution in [3.8, 4) is 66.1 Å². The van der Waals surface area contributed by atoms with Gasteiger partial charge in [-0.3, -0.25) is 0 Å². The van der Waals surface area contributed by atoms with Gasteiger partial charge < -0.3 is 4.90 Å². The standard InChI is InChI=1S/C59H39NS/c1-3-13-40(14-4-1)42-27-32-47(33-28-42)60(48-34-29-43(30-35-48)41-15-5-2-6-16-41)58-38-37-57(61-58)45-25-23-44(24-26-45)46-31-36-52-51-19-9-12-22-55(51)59(56(52)39-46)53-20-10-7-17-49(53)50-18-8-11-21-54(50)59/h1-39H/i1D,3D,4D,13D,14D. The lowest BCUT2D eigenvalue weighted by Gasteiger charge is -2.30. The topological polar surface area (TPSA) is 3.24 Å². The second-order valence-electron chi connectivity index (χ2n) is 15.7. The van der Waals surface area contributed by atoms with Crippen LogP contribution in [0.1, 0.15) is 29.1 Å². The molecule has 2 aliphatic rings. The van der Waals surface area contributed by atoms with Gasteiger partial charge in [0.25, 0.3) is 0 Å². The number of benzene rings is 9. The number of rotatable bonds is 7. The SMILES string of the molecule is [2H]c1c([2H])c([2H])c(-c2ccc(N(c3ccc(-c4ccccc4)cc3)c3ccc(-c4ccc(-c5ccc6c(c5)C5(c7ccccc7-c7ccccc75)c5ccccc5-6)cc4)s3)cc2)c([2H])c1[2H]. The monoisotopic (exact) mass is 798 g/mol. The molecule has 0 saturated carbocycles. The maximum atomic E-state index is 8.57. The van der Waals surface area contributed by atoms with E-state index in [1.165, 1.54) is 50.1 Å². The van der Waals surface area contributed by atoms with Gasteiger partial charge in [-0.05, 0) is 126 Å². The van der Waals surface area contributed by atoms with Crippen molar-refractivity contribution in [1.29, 1.82) is 0 Å². The van der Waals surface area contributed by atoms with Gasteiger partial charge in [0, 0.05) is 16.3 Å². The predicted molar refractivity (Wildman–Crippen MR) is 257 cm³/mol. The fraction of sp³-hybridized carbons (Fsp3) is 0.0169.